The van der Waals surface area contributed by atoms with Gasteiger partial charge in [0.25, 0.3) is 5.91 Å². The molecular formula is C22H28N2O5. The molecule has 3 rings (SSSR count). The van der Waals surface area contributed by atoms with E-state index in [4.69, 9.17) is 9.47 Å². The molecule has 0 aromatic heterocycles. The van der Waals surface area contributed by atoms with Crippen LogP contribution in [0.2, 0.25) is 0 Å². The number of phenolic OH excluding ortho intramolecular Hbond substituents is 1. The second kappa shape index (κ2) is 8.71. The van der Waals surface area contributed by atoms with E-state index in [1.165, 1.54) is 17.7 Å². The number of aromatic hydroxyl groups is 1. The Hall–Kier alpha value is -2.77. The molecule has 0 fully saturated rings. The van der Waals surface area contributed by atoms with Crippen LogP contribution in [0.3, 0.4) is 0 Å². The molecule has 0 bridgehead atoms. The normalized spacial score (nSPS) is 14.6. The van der Waals surface area contributed by atoms with Crippen molar-refractivity contribution in [3.8, 4) is 17.2 Å². The van der Waals surface area contributed by atoms with Gasteiger partial charge in [0.2, 0.25) is 0 Å². The quantitative estimate of drug-likeness (QED) is 0.544. The number of amides is 1. The standard InChI is InChI=1S/C22H28N2O5/c1-22(2,8-7-14-5-4-6-16(9-14)28-3)23-12-19(26)17-10-15(25)11-18-21(17)29-13-20(27)24-18/h4-6,9-11,19,23,25-26H,7-8,12-13H2,1-3H3,(H,24,27)/t19-/m0/s1. The molecule has 0 spiro atoms. The summed E-state index contributed by atoms with van der Waals surface area (Å²) in [5.41, 5.74) is 1.77. The minimum Gasteiger partial charge on any atom is -0.508 e. The number of anilines is 1. The zero-order valence-corrected chi connectivity index (χ0v) is 17.0. The monoisotopic (exact) mass is 400 g/mol. The van der Waals surface area contributed by atoms with Crippen LogP contribution in [0.1, 0.15) is 37.5 Å². The number of aliphatic hydroxyl groups is 1. The number of benzene rings is 2. The Kier molecular flexibility index (Phi) is 6.30. The highest BCUT2D eigenvalue weighted by Crippen LogP contribution is 2.38. The maximum Gasteiger partial charge on any atom is 0.262 e. The molecule has 4 N–H and O–H groups in total. The third kappa shape index (κ3) is 5.40. The predicted octanol–water partition coefficient (Wildman–Crippen LogP) is 2.77. The Morgan fingerprint density at radius 1 is 1.31 bits per heavy atom. The molecule has 2 aromatic rings. The predicted molar refractivity (Wildman–Crippen MR) is 111 cm³/mol. The maximum absolute atomic E-state index is 11.5. The van der Waals surface area contributed by atoms with E-state index in [9.17, 15) is 15.0 Å². The summed E-state index contributed by atoms with van der Waals surface area (Å²) in [5, 5.41) is 26.7. The van der Waals surface area contributed by atoms with Gasteiger partial charge in [0.15, 0.2) is 6.61 Å². The van der Waals surface area contributed by atoms with Gasteiger partial charge in [0, 0.05) is 23.7 Å². The van der Waals surface area contributed by atoms with Gasteiger partial charge < -0.3 is 30.3 Å². The number of hydrogen-bond donors (Lipinski definition) is 4. The fraction of sp³-hybridized carbons (Fsp3) is 0.409. The number of aryl methyl sites for hydroxylation is 1. The zero-order valence-electron chi connectivity index (χ0n) is 17.0. The van der Waals surface area contributed by atoms with Crippen molar-refractivity contribution in [2.45, 2.75) is 38.3 Å². The zero-order chi connectivity index (χ0) is 21.0. The molecule has 7 heteroatoms. The molecule has 0 saturated heterocycles. The Morgan fingerprint density at radius 3 is 2.86 bits per heavy atom. The highest BCUT2D eigenvalue weighted by Gasteiger charge is 2.26. The Labute approximate surface area is 170 Å². The molecule has 1 aliphatic rings. The molecule has 2 aromatic carbocycles. The molecule has 1 amide bonds. The molecule has 1 heterocycles. The van der Waals surface area contributed by atoms with Gasteiger partial charge in [-0.2, -0.15) is 0 Å². The van der Waals surface area contributed by atoms with E-state index in [0.717, 1.165) is 18.6 Å². The van der Waals surface area contributed by atoms with Gasteiger partial charge in [-0.25, -0.2) is 0 Å². The summed E-state index contributed by atoms with van der Waals surface area (Å²) >= 11 is 0. The number of rotatable bonds is 8. The van der Waals surface area contributed by atoms with E-state index in [-0.39, 0.29) is 30.3 Å². The first-order valence-corrected chi connectivity index (χ1v) is 9.63. The molecule has 1 atom stereocenters. The van der Waals surface area contributed by atoms with Gasteiger partial charge >= 0.3 is 0 Å². The number of fused-ring (bicyclic) bond motifs is 1. The van der Waals surface area contributed by atoms with Crippen LogP contribution in [0, 0.1) is 0 Å². The number of phenols is 1. The first-order valence-electron chi connectivity index (χ1n) is 9.63. The average Bonchev–Trinajstić information content (AvgIpc) is 2.70. The van der Waals surface area contributed by atoms with Gasteiger partial charge in [-0.3, -0.25) is 4.79 Å². The van der Waals surface area contributed by atoms with Crippen LogP contribution < -0.4 is 20.1 Å². The lowest BCUT2D eigenvalue weighted by atomic mass is 9.94. The smallest absolute Gasteiger partial charge is 0.262 e. The SMILES string of the molecule is COc1cccc(CCC(C)(C)NC[C@H](O)c2cc(O)cc3c2OCC(=O)N3)c1. The molecule has 156 valence electrons. The summed E-state index contributed by atoms with van der Waals surface area (Å²) < 4.78 is 10.7. The Bertz CT molecular complexity index is 882. The largest absolute Gasteiger partial charge is 0.508 e. The van der Waals surface area contributed by atoms with Crippen LogP contribution in [0.4, 0.5) is 5.69 Å². The van der Waals surface area contributed by atoms with E-state index in [0.29, 0.717) is 17.0 Å². The van der Waals surface area contributed by atoms with Crippen LogP contribution in [0.5, 0.6) is 17.2 Å². The van der Waals surface area contributed by atoms with Crippen molar-refractivity contribution in [3.63, 3.8) is 0 Å². The molecule has 1 aliphatic heterocycles. The molecule has 0 unspecified atom stereocenters. The second-order valence-corrected chi connectivity index (χ2v) is 7.88. The number of carbonyl (C=O) groups excluding carboxylic acids is 1. The summed E-state index contributed by atoms with van der Waals surface area (Å²) in [5.74, 6) is 0.900. The average molecular weight is 400 g/mol. The minimum absolute atomic E-state index is 0.0408. The van der Waals surface area contributed by atoms with E-state index >= 15 is 0 Å². The summed E-state index contributed by atoms with van der Waals surface area (Å²) in [6.07, 6.45) is 0.823. The molecule has 7 nitrogen and oxygen atoms in total. The number of nitrogens with one attached hydrogen (secondary N) is 2. The first kappa shape index (κ1) is 21.0. The van der Waals surface area contributed by atoms with Crippen molar-refractivity contribution in [2.75, 3.05) is 25.6 Å². The van der Waals surface area contributed by atoms with Crippen LogP contribution in [0.25, 0.3) is 0 Å². The van der Waals surface area contributed by atoms with Gasteiger partial charge in [-0.1, -0.05) is 12.1 Å². The number of aliphatic hydroxyl groups excluding tert-OH is 1. The lowest BCUT2D eigenvalue weighted by Gasteiger charge is -2.29. The van der Waals surface area contributed by atoms with Gasteiger partial charge in [0.1, 0.15) is 17.2 Å². The van der Waals surface area contributed by atoms with Crippen LogP contribution in [0.15, 0.2) is 36.4 Å². The van der Waals surface area contributed by atoms with Crippen LogP contribution >= 0.6 is 0 Å². The first-order chi connectivity index (χ1) is 13.8. The van der Waals surface area contributed by atoms with E-state index in [2.05, 4.69) is 30.5 Å². The Balaban J connectivity index is 1.62. The summed E-state index contributed by atoms with van der Waals surface area (Å²) in [6, 6.07) is 10.9. The van der Waals surface area contributed by atoms with Crippen molar-refractivity contribution in [2.24, 2.45) is 0 Å². The maximum atomic E-state index is 11.5. The van der Waals surface area contributed by atoms with Gasteiger partial charge in [-0.05, 0) is 50.5 Å². The number of carbonyl (C=O) groups is 1. The third-order valence-corrected chi connectivity index (χ3v) is 5.03. The Morgan fingerprint density at radius 2 is 2.10 bits per heavy atom. The number of β-amino-alcohol motifs (C(OH)–C–C–N with tert-alkyl or cyclic N) is 1. The minimum atomic E-state index is -0.901. The summed E-state index contributed by atoms with van der Waals surface area (Å²) in [7, 11) is 1.65. The van der Waals surface area contributed by atoms with Gasteiger partial charge in [-0.15, -0.1) is 0 Å². The molecule has 0 radical (unpaired) electrons. The van der Waals surface area contributed by atoms with Crippen molar-refractivity contribution in [1.82, 2.24) is 5.32 Å². The lowest BCUT2D eigenvalue weighted by molar-refractivity contribution is -0.118. The number of methoxy groups -OCH3 is 1. The van der Waals surface area contributed by atoms with Gasteiger partial charge in [0.05, 0.1) is 18.9 Å². The third-order valence-electron chi connectivity index (χ3n) is 5.03. The van der Waals surface area contributed by atoms with Crippen molar-refractivity contribution < 1.29 is 24.5 Å². The molecule has 0 aliphatic carbocycles. The van der Waals surface area contributed by atoms with Crippen molar-refractivity contribution in [3.05, 3.63) is 47.5 Å². The highest BCUT2D eigenvalue weighted by molar-refractivity contribution is 5.96. The molecule has 29 heavy (non-hydrogen) atoms. The summed E-state index contributed by atoms with van der Waals surface area (Å²) in [4.78, 5) is 11.5. The van der Waals surface area contributed by atoms with Crippen molar-refractivity contribution in [1.29, 1.82) is 0 Å². The fourth-order valence-electron chi connectivity index (χ4n) is 3.32. The summed E-state index contributed by atoms with van der Waals surface area (Å²) in [6.45, 7) is 4.32. The van der Waals surface area contributed by atoms with Crippen LogP contribution in [-0.4, -0.2) is 41.9 Å². The fourth-order valence-corrected chi connectivity index (χ4v) is 3.32. The lowest BCUT2D eigenvalue weighted by Crippen LogP contribution is -2.42. The van der Waals surface area contributed by atoms with Crippen molar-refractivity contribution >= 4 is 11.6 Å². The van der Waals surface area contributed by atoms with Crippen LogP contribution in [-0.2, 0) is 11.2 Å². The topological polar surface area (TPSA) is 100 Å². The number of hydrogen-bond acceptors (Lipinski definition) is 6. The molecule has 0 saturated carbocycles. The van der Waals surface area contributed by atoms with E-state index in [1.54, 1.807) is 7.11 Å². The number of ether oxygens (including phenoxy) is 2. The second-order valence-electron chi connectivity index (χ2n) is 7.88. The van der Waals surface area contributed by atoms with E-state index < -0.39 is 6.10 Å². The highest BCUT2D eigenvalue weighted by atomic mass is 16.5. The van der Waals surface area contributed by atoms with E-state index in [1.807, 2.05) is 18.2 Å². The molecular weight excluding hydrogens is 372 g/mol.